The Labute approximate surface area is 117 Å². The van der Waals surface area contributed by atoms with Crippen LogP contribution in [0.4, 0.5) is 8.78 Å². The molecule has 0 fully saturated rings. The number of aromatic amines is 1. The molecule has 1 heterocycles. The van der Waals surface area contributed by atoms with E-state index in [-0.39, 0.29) is 10.3 Å². The maximum absolute atomic E-state index is 14.0. The van der Waals surface area contributed by atoms with E-state index < -0.39 is 11.6 Å². The van der Waals surface area contributed by atoms with Crippen LogP contribution >= 0.6 is 12.2 Å². The fraction of sp³-hybridized carbons (Fsp3) is 0. The van der Waals surface area contributed by atoms with Crippen LogP contribution in [0, 0.1) is 27.7 Å². The van der Waals surface area contributed by atoms with Crippen molar-refractivity contribution in [2.24, 2.45) is 0 Å². The molecule has 0 aliphatic carbocycles. The van der Waals surface area contributed by atoms with Gasteiger partial charge >= 0.3 is 0 Å². The van der Waals surface area contributed by atoms with E-state index >= 15 is 0 Å². The molecule has 0 atom stereocenters. The van der Waals surface area contributed by atoms with E-state index in [1.54, 1.807) is 24.3 Å². The number of nitrogens with one attached hydrogen (secondary N) is 1. The molecule has 0 aliphatic heterocycles. The molecule has 3 nitrogen and oxygen atoms in total. The van der Waals surface area contributed by atoms with Gasteiger partial charge in [-0.1, -0.05) is 0 Å². The van der Waals surface area contributed by atoms with Crippen LogP contribution in [0.1, 0.15) is 5.56 Å². The van der Waals surface area contributed by atoms with E-state index in [0.717, 1.165) is 6.07 Å². The van der Waals surface area contributed by atoms with Crippen LogP contribution in [0.3, 0.4) is 0 Å². The van der Waals surface area contributed by atoms with Crippen molar-refractivity contribution in [1.29, 1.82) is 5.26 Å². The van der Waals surface area contributed by atoms with Crippen molar-refractivity contribution in [2.75, 3.05) is 0 Å². The summed E-state index contributed by atoms with van der Waals surface area (Å²) in [5.41, 5.74) is 1.51. The zero-order chi connectivity index (χ0) is 14.3. The lowest BCUT2D eigenvalue weighted by Crippen LogP contribution is -1.97. The van der Waals surface area contributed by atoms with Gasteiger partial charge in [-0.05, 0) is 48.6 Å². The van der Waals surface area contributed by atoms with Gasteiger partial charge in [0.05, 0.1) is 17.1 Å². The third kappa shape index (κ3) is 1.80. The average molecular weight is 287 g/mol. The van der Waals surface area contributed by atoms with Crippen LogP contribution in [-0.4, -0.2) is 9.55 Å². The Balaban J connectivity index is 2.35. The van der Waals surface area contributed by atoms with E-state index in [1.165, 1.54) is 10.6 Å². The fourth-order valence-corrected chi connectivity index (χ4v) is 2.37. The van der Waals surface area contributed by atoms with Crippen LogP contribution in [0.15, 0.2) is 36.4 Å². The second-order valence-corrected chi connectivity index (χ2v) is 4.57. The third-order valence-electron chi connectivity index (χ3n) is 2.99. The Kier molecular flexibility index (Phi) is 2.84. The molecule has 0 radical (unpaired) electrons. The van der Waals surface area contributed by atoms with Crippen molar-refractivity contribution in [3.05, 3.63) is 58.4 Å². The largest absolute Gasteiger partial charge is 0.330 e. The number of H-pyrrole nitrogens is 1. The predicted molar refractivity (Wildman–Crippen MR) is 73.1 cm³/mol. The van der Waals surface area contributed by atoms with Gasteiger partial charge < -0.3 is 4.98 Å². The lowest BCUT2D eigenvalue weighted by Gasteiger charge is -2.05. The van der Waals surface area contributed by atoms with E-state index in [4.69, 9.17) is 17.5 Å². The monoisotopic (exact) mass is 287 g/mol. The first kappa shape index (κ1) is 12.5. The van der Waals surface area contributed by atoms with E-state index in [2.05, 4.69) is 4.98 Å². The van der Waals surface area contributed by atoms with Gasteiger partial charge in [0, 0.05) is 5.69 Å². The highest BCUT2D eigenvalue weighted by molar-refractivity contribution is 7.71. The summed E-state index contributed by atoms with van der Waals surface area (Å²) in [4.78, 5) is 2.83. The Morgan fingerprint density at radius 3 is 2.45 bits per heavy atom. The molecule has 1 aromatic heterocycles. The molecular formula is C14H7F2N3S. The summed E-state index contributed by atoms with van der Waals surface area (Å²) in [5.74, 6) is -1.90. The van der Waals surface area contributed by atoms with Crippen LogP contribution in [0.5, 0.6) is 0 Å². The molecule has 0 amide bonds. The fourth-order valence-electron chi connectivity index (χ4n) is 2.06. The molecule has 2 aromatic carbocycles. The van der Waals surface area contributed by atoms with Gasteiger partial charge in [0.25, 0.3) is 0 Å². The van der Waals surface area contributed by atoms with Gasteiger partial charge in [0.15, 0.2) is 16.4 Å². The number of imidazole rings is 1. The molecule has 98 valence electrons. The summed E-state index contributed by atoms with van der Waals surface area (Å²) >= 11 is 5.15. The molecule has 1 N–H and O–H groups in total. The minimum atomic E-state index is -0.959. The molecule has 6 heteroatoms. The quantitative estimate of drug-likeness (QED) is 0.691. The maximum atomic E-state index is 14.0. The first-order chi connectivity index (χ1) is 9.61. The first-order valence-electron chi connectivity index (χ1n) is 5.71. The molecule has 0 saturated carbocycles. The van der Waals surface area contributed by atoms with E-state index in [1.807, 2.05) is 6.07 Å². The number of rotatable bonds is 1. The van der Waals surface area contributed by atoms with Crippen molar-refractivity contribution in [2.45, 2.75) is 0 Å². The van der Waals surface area contributed by atoms with Crippen molar-refractivity contribution in [3.63, 3.8) is 0 Å². The number of nitrogens with zero attached hydrogens (tertiary/aromatic N) is 2. The summed E-state index contributed by atoms with van der Waals surface area (Å²) in [6.45, 7) is 0. The second-order valence-electron chi connectivity index (χ2n) is 4.18. The summed E-state index contributed by atoms with van der Waals surface area (Å²) in [6.07, 6.45) is 0. The Bertz CT molecular complexity index is 901. The molecule has 0 unspecified atom stereocenters. The topological polar surface area (TPSA) is 44.5 Å². The standard InChI is InChI=1S/C14H7F2N3S/c15-10-5-6-11-13(12(10)16)19(14(20)18-11)9-3-1-8(7-17)2-4-9/h1-6H,(H,18,20). The maximum Gasteiger partial charge on any atom is 0.184 e. The molecular weight excluding hydrogens is 280 g/mol. The number of halogens is 2. The minimum Gasteiger partial charge on any atom is -0.330 e. The molecule has 3 rings (SSSR count). The SMILES string of the molecule is N#Cc1ccc(-n2c(=S)[nH]c3ccc(F)c(F)c32)cc1. The zero-order valence-corrected chi connectivity index (χ0v) is 10.8. The molecule has 0 aliphatic rings. The summed E-state index contributed by atoms with van der Waals surface area (Å²) < 4.78 is 29.0. The van der Waals surface area contributed by atoms with Gasteiger partial charge in [-0.15, -0.1) is 0 Å². The zero-order valence-electron chi connectivity index (χ0n) is 10.0. The lowest BCUT2D eigenvalue weighted by molar-refractivity contribution is 0.514. The summed E-state index contributed by atoms with van der Waals surface area (Å²) in [5, 5.41) is 8.77. The third-order valence-corrected chi connectivity index (χ3v) is 3.28. The Hall–Kier alpha value is -2.52. The molecule has 20 heavy (non-hydrogen) atoms. The first-order valence-corrected chi connectivity index (χ1v) is 6.12. The number of hydrogen-bond acceptors (Lipinski definition) is 2. The van der Waals surface area contributed by atoms with Crippen LogP contribution < -0.4 is 0 Å². The average Bonchev–Trinajstić information content (AvgIpc) is 2.80. The Morgan fingerprint density at radius 1 is 1.10 bits per heavy atom. The highest BCUT2D eigenvalue weighted by Gasteiger charge is 2.14. The van der Waals surface area contributed by atoms with Crippen molar-refractivity contribution in [3.8, 4) is 11.8 Å². The number of hydrogen-bond donors (Lipinski definition) is 1. The highest BCUT2D eigenvalue weighted by Crippen LogP contribution is 2.24. The molecule has 0 saturated heterocycles. The smallest absolute Gasteiger partial charge is 0.184 e. The molecule has 3 aromatic rings. The summed E-state index contributed by atoms with van der Waals surface area (Å²) in [6, 6.07) is 10.9. The van der Waals surface area contributed by atoms with Gasteiger partial charge in [-0.25, -0.2) is 8.78 Å². The van der Waals surface area contributed by atoms with Crippen LogP contribution in [0.2, 0.25) is 0 Å². The minimum absolute atomic E-state index is 0.0553. The Morgan fingerprint density at radius 2 is 1.80 bits per heavy atom. The summed E-state index contributed by atoms with van der Waals surface area (Å²) in [7, 11) is 0. The van der Waals surface area contributed by atoms with Crippen molar-refractivity contribution < 1.29 is 8.78 Å². The van der Waals surface area contributed by atoms with Gasteiger partial charge in [-0.3, -0.25) is 4.57 Å². The van der Waals surface area contributed by atoms with Gasteiger partial charge in [0.1, 0.15) is 5.52 Å². The van der Waals surface area contributed by atoms with E-state index in [0.29, 0.717) is 16.8 Å². The normalized spacial score (nSPS) is 10.7. The number of nitriles is 1. The molecule has 0 spiro atoms. The predicted octanol–water partition coefficient (Wildman–Crippen LogP) is 3.84. The van der Waals surface area contributed by atoms with Gasteiger partial charge in [-0.2, -0.15) is 5.26 Å². The van der Waals surface area contributed by atoms with Crippen LogP contribution in [0.25, 0.3) is 16.7 Å². The van der Waals surface area contributed by atoms with Crippen LogP contribution in [-0.2, 0) is 0 Å². The highest BCUT2D eigenvalue weighted by atomic mass is 32.1. The number of benzene rings is 2. The van der Waals surface area contributed by atoms with E-state index in [9.17, 15) is 8.78 Å². The lowest BCUT2D eigenvalue weighted by atomic mass is 10.2. The number of fused-ring (bicyclic) bond motifs is 1. The van der Waals surface area contributed by atoms with Crippen molar-refractivity contribution >= 4 is 23.3 Å². The number of aromatic nitrogens is 2. The van der Waals surface area contributed by atoms with Crippen molar-refractivity contribution in [1.82, 2.24) is 9.55 Å². The molecule has 0 bridgehead atoms. The second kappa shape index (κ2) is 4.54. The van der Waals surface area contributed by atoms with Gasteiger partial charge in [0.2, 0.25) is 0 Å².